The molecule has 0 amide bonds. The molecule has 1 aliphatic rings. The summed E-state index contributed by atoms with van der Waals surface area (Å²) in [6, 6.07) is 12.2. The Labute approximate surface area is 131 Å². The molecule has 5 heteroatoms. The lowest BCUT2D eigenvalue weighted by molar-refractivity contribution is 0.104. The topological polar surface area (TPSA) is 47.8 Å². The molecule has 0 N–H and O–H groups in total. The van der Waals surface area contributed by atoms with E-state index in [2.05, 4.69) is 10.1 Å². The molecule has 0 fully saturated rings. The zero-order valence-corrected chi connectivity index (χ0v) is 12.1. The highest BCUT2D eigenvalue weighted by Crippen LogP contribution is 2.29. The molecule has 0 spiro atoms. The molecule has 0 unspecified atom stereocenters. The smallest absolute Gasteiger partial charge is 0.189 e. The molecule has 3 aromatic rings. The second kappa shape index (κ2) is 5.28. The van der Waals surface area contributed by atoms with Crippen LogP contribution in [0.25, 0.3) is 11.8 Å². The standard InChI is InChI=1S/C18H12FN3O/c19-17-3-1-2-15-16(17)9-13(18(15)23)8-12-4-6-14(7-5-12)22-11-20-10-21-22/h1-8,10-11H,9H2/b13-8-. The van der Waals surface area contributed by atoms with Crippen molar-refractivity contribution in [2.24, 2.45) is 0 Å². The summed E-state index contributed by atoms with van der Waals surface area (Å²) in [5, 5.41) is 4.06. The second-order valence-electron chi connectivity index (χ2n) is 5.37. The van der Waals surface area contributed by atoms with Gasteiger partial charge in [0, 0.05) is 23.1 Å². The third kappa shape index (κ3) is 2.36. The number of carbonyl (C=O) groups is 1. The van der Waals surface area contributed by atoms with Crippen LogP contribution in [-0.4, -0.2) is 20.5 Å². The van der Waals surface area contributed by atoms with Crippen LogP contribution in [0.2, 0.25) is 0 Å². The summed E-state index contributed by atoms with van der Waals surface area (Å²) in [4.78, 5) is 16.3. The molecule has 0 atom stereocenters. The fourth-order valence-corrected chi connectivity index (χ4v) is 2.78. The first-order chi connectivity index (χ1) is 11.2. The van der Waals surface area contributed by atoms with Crippen LogP contribution in [0.5, 0.6) is 0 Å². The van der Waals surface area contributed by atoms with Gasteiger partial charge in [-0.05, 0) is 29.8 Å². The van der Waals surface area contributed by atoms with Crippen LogP contribution < -0.4 is 0 Å². The highest BCUT2D eigenvalue weighted by atomic mass is 19.1. The van der Waals surface area contributed by atoms with Gasteiger partial charge in [-0.15, -0.1) is 0 Å². The van der Waals surface area contributed by atoms with Crippen LogP contribution in [0, 0.1) is 5.82 Å². The number of hydrogen-bond donors (Lipinski definition) is 0. The fourth-order valence-electron chi connectivity index (χ4n) is 2.78. The number of aromatic nitrogens is 3. The van der Waals surface area contributed by atoms with E-state index in [-0.39, 0.29) is 11.6 Å². The lowest BCUT2D eigenvalue weighted by Gasteiger charge is -2.01. The fraction of sp³-hybridized carbons (Fsp3) is 0.0556. The molecule has 0 aliphatic heterocycles. The minimum Gasteiger partial charge on any atom is -0.289 e. The Morgan fingerprint density at radius 2 is 1.96 bits per heavy atom. The average Bonchev–Trinajstić information content (AvgIpc) is 3.19. The SMILES string of the molecule is O=C1/C(=C\c2ccc(-n3cncn3)cc2)Cc2c(F)cccc21. The second-order valence-corrected chi connectivity index (χ2v) is 5.37. The van der Waals surface area contributed by atoms with Gasteiger partial charge in [0.15, 0.2) is 5.78 Å². The van der Waals surface area contributed by atoms with Crippen molar-refractivity contribution in [2.45, 2.75) is 6.42 Å². The Hall–Kier alpha value is -3.08. The van der Waals surface area contributed by atoms with Crippen molar-refractivity contribution < 1.29 is 9.18 Å². The van der Waals surface area contributed by atoms with E-state index in [4.69, 9.17) is 0 Å². The van der Waals surface area contributed by atoms with E-state index in [1.54, 1.807) is 23.1 Å². The van der Waals surface area contributed by atoms with Crippen LogP contribution in [0.4, 0.5) is 4.39 Å². The predicted molar refractivity (Wildman–Crippen MR) is 83.8 cm³/mol. The van der Waals surface area contributed by atoms with Gasteiger partial charge in [-0.3, -0.25) is 4.79 Å². The van der Waals surface area contributed by atoms with Gasteiger partial charge in [0.25, 0.3) is 0 Å². The summed E-state index contributed by atoms with van der Waals surface area (Å²) >= 11 is 0. The monoisotopic (exact) mass is 305 g/mol. The zero-order chi connectivity index (χ0) is 15.8. The van der Waals surface area contributed by atoms with Crippen LogP contribution in [0.15, 0.2) is 60.7 Å². The number of hydrogen-bond acceptors (Lipinski definition) is 3. The third-order valence-corrected chi connectivity index (χ3v) is 3.94. The van der Waals surface area contributed by atoms with Gasteiger partial charge in [-0.25, -0.2) is 14.1 Å². The number of fused-ring (bicyclic) bond motifs is 1. The van der Waals surface area contributed by atoms with Crippen molar-refractivity contribution in [1.82, 2.24) is 14.8 Å². The first-order valence-corrected chi connectivity index (χ1v) is 7.20. The molecule has 1 aromatic heterocycles. The lowest BCUT2D eigenvalue weighted by Crippen LogP contribution is -1.96. The molecule has 0 saturated heterocycles. The van der Waals surface area contributed by atoms with E-state index in [0.717, 1.165) is 11.3 Å². The normalized spacial score (nSPS) is 15.2. The van der Waals surface area contributed by atoms with Gasteiger partial charge in [0.05, 0.1) is 5.69 Å². The van der Waals surface area contributed by atoms with Gasteiger partial charge in [-0.2, -0.15) is 5.10 Å². The molecule has 112 valence electrons. The van der Waals surface area contributed by atoms with Gasteiger partial charge in [0.1, 0.15) is 18.5 Å². The van der Waals surface area contributed by atoms with Crippen molar-refractivity contribution in [3.05, 3.63) is 83.2 Å². The minimum atomic E-state index is -0.319. The van der Waals surface area contributed by atoms with Crippen molar-refractivity contribution in [3.8, 4) is 5.69 Å². The molecule has 2 aromatic carbocycles. The Bertz CT molecular complexity index is 912. The van der Waals surface area contributed by atoms with E-state index in [9.17, 15) is 9.18 Å². The van der Waals surface area contributed by atoms with Crippen LogP contribution in [0.3, 0.4) is 0 Å². The summed E-state index contributed by atoms with van der Waals surface area (Å²) < 4.78 is 15.4. The van der Waals surface area contributed by atoms with Gasteiger partial charge in [-0.1, -0.05) is 24.3 Å². The van der Waals surface area contributed by atoms with Crippen LogP contribution >= 0.6 is 0 Å². The van der Waals surface area contributed by atoms with E-state index in [0.29, 0.717) is 23.1 Å². The van der Waals surface area contributed by atoms with Crippen molar-refractivity contribution in [2.75, 3.05) is 0 Å². The molecule has 1 heterocycles. The number of rotatable bonds is 2. The maximum atomic E-state index is 13.8. The highest BCUT2D eigenvalue weighted by Gasteiger charge is 2.26. The Morgan fingerprint density at radius 3 is 2.65 bits per heavy atom. The molecular weight excluding hydrogens is 293 g/mol. The van der Waals surface area contributed by atoms with E-state index in [1.807, 2.05) is 30.3 Å². The van der Waals surface area contributed by atoms with Gasteiger partial charge in [0.2, 0.25) is 0 Å². The third-order valence-electron chi connectivity index (χ3n) is 3.94. The van der Waals surface area contributed by atoms with Gasteiger partial charge < -0.3 is 0 Å². The van der Waals surface area contributed by atoms with Crippen molar-refractivity contribution in [3.63, 3.8) is 0 Å². The Balaban J connectivity index is 1.64. The number of allylic oxidation sites excluding steroid dienone is 1. The predicted octanol–water partition coefficient (Wildman–Crippen LogP) is 3.23. The maximum Gasteiger partial charge on any atom is 0.189 e. The van der Waals surface area contributed by atoms with E-state index >= 15 is 0 Å². The first-order valence-electron chi connectivity index (χ1n) is 7.20. The molecule has 4 nitrogen and oxygen atoms in total. The van der Waals surface area contributed by atoms with Gasteiger partial charge >= 0.3 is 0 Å². The highest BCUT2D eigenvalue weighted by molar-refractivity contribution is 6.15. The largest absolute Gasteiger partial charge is 0.289 e. The number of halogens is 1. The van der Waals surface area contributed by atoms with Crippen molar-refractivity contribution >= 4 is 11.9 Å². The lowest BCUT2D eigenvalue weighted by atomic mass is 10.1. The summed E-state index contributed by atoms with van der Waals surface area (Å²) in [5.74, 6) is -0.416. The number of benzene rings is 2. The van der Waals surface area contributed by atoms with Crippen LogP contribution in [-0.2, 0) is 6.42 Å². The summed E-state index contributed by atoms with van der Waals surface area (Å²) in [6.07, 6.45) is 5.24. The average molecular weight is 305 g/mol. The summed E-state index contributed by atoms with van der Waals surface area (Å²) in [5.41, 5.74) is 3.35. The molecule has 0 radical (unpaired) electrons. The molecular formula is C18H12FN3O. The van der Waals surface area contributed by atoms with E-state index < -0.39 is 0 Å². The maximum absolute atomic E-state index is 13.8. The first kappa shape index (κ1) is 13.6. The minimum absolute atomic E-state index is 0.0974. The Morgan fingerprint density at radius 1 is 1.13 bits per heavy atom. The van der Waals surface area contributed by atoms with Crippen LogP contribution in [0.1, 0.15) is 21.5 Å². The Kier molecular flexibility index (Phi) is 3.12. The zero-order valence-electron chi connectivity index (χ0n) is 12.1. The number of ketones is 1. The molecule has 1 aliphatic carbocycles. The van der Waals surface area contributed by atoms with Crippen molar-refractivity contribution in [1.29, 1.82) is 0 Å². The number of Topliss-reactive ketones (excluding diaryl/α,β-unsaturated/α-hetero) is 1. The molecule has 0 bridgehead atoms. The van der Waals surface area contributed by atoms with E-state index in [1.165, 1.54) is 12.4 Å². The molecule has 0 saturated carbocycles. The number of carbonyl (C=O) groups excluding carboxylic acids is 1. The number of nitrogens with zero attached hydrogens (tertiary/aromatic N) is 3. The quantitative estimate of drug-likeness (QED) is 0.683. The molecule has 23 heavy (non-hydrogen) atoms. The summed E-state index contributed by atoms with van der Waals surface area (Å²) in [6.45, 7) is 0. The molecule has 4 rings (SSSR count). The summed E-state index contributed by atoms with van der Waals surface area (Å²) in [7, 11) is 0.